The first-order chi connectivity index (χ1) is 24.4. The van der Waals surface area contributed by atoms with Gasteiger partial charge in [-0.05, 0) is 95.4 Å². The highest BCUT2D eigenvalue weighted by atomic mass is 35.5. The Morgan fingerprint density at radius 2 is 1.41 bits per heavy atom. The molecule has 0 radical (unpaired) electrons. The van der Waals surface area contributed by atoms with E-state index in [9.17, 15) is 18.5 Å². The van der Waals surface area contributed by atoms with Crippen LogP contribution in [0.1, 0.15) is 47.2 Å². The van der Waals surface area contributed by atoms with E-state index < -0.39 is 15.9 Å². The highest BCUT2D eigenvalue weighted by Gasteiger charge is 2.43. The van der Waals surface area contributed by atoms with Gasteiger partial charge in [0, 0.05) is 34.4 Å². The number of amides is 1. The third-order valence-electron chi connectivity index (χ3n) is 9.65. The van der Waals surface area contributed by atoms with E-state index in [0.29, 0.717) is 27.3 Å². The van der Waals surface area contributed by atoms with Crippen molar-refractivity contribution in [2.45, 2.75) is 31.1 Å². The number of carbonyl (C=O) groups excluding carboxylic acids is 1. The van der Waals surface area contributed by atoms with Crippen molar-refractivity contribution in [2.75, 3.05) is 16.3 Å². The van der Waals surface area contributed by atoms with Gasteiger partial charge in [-0.1, -0.05) is 104 Å². The molecule has 0 fully saturated rings. The molecule has 0 bridgehead atoms. The second-order valence-corrected chi connectivity index (χ2v) is 15.4. The van der Waals surface area contributed by atoms with Crippen LogP contribution in [0.15, 0.2) is 144 Å². The molecule has 2 aliphatic rings. The van der Waals surface area contributed by atoms with Crippen LogP contribution in [0.3, 0.4) is 0 Å². The first kappa shape index (κ1) is 33.8. The molecule has 5 aromatic rings. The number of aryl methyl sites for hydroxylation is 1. The van der Waals surface area contributed by atoms with Crippen molar-refractivity contribution in [3.63, 3.8) is 0 Å². The molecule has 0 atom stereocenters. The molecule has 252 valence electrons. The molecule has 1 amide bonds. The fourth-order valence-electron chi connectivity index (χ4n) is 6.94. The molecule has 51 heavy (non-hydrogen) atoms. The van der Waals surface area contributed by atoms with E-state index in [0.717, 1.165) is 32.4 Å². The van der Waals surface area contributed by atoms with Crippen LogP contribution in [-0.2, 0) is 20.2 Å². The third kappa shape index (κ3) is 5.87. The number of allylic oxidation sites excluding steroid dienone is 5. The number of likely N-dealkylation sites (N-methyl/N-ethyl adjacent to an activating group) is 1. The molecule has 8 heteroatoms. The lowest BCUT2D eigenvalue weighted by Crippen LogP contribution is -2.33. The van der Waals surface area contributed by atoms with E-state index in [-0.39, 0.29) is 21.6 Å². The molecule has 6 nitrogen and oxygen atoms in total. The summed E-state index contributed by atoms with van der Waals surface area (Å²) in [5.74, 6) is -0.657. The Labute approximate surface area is 303 Å². The number of rotatable bonds is 6. The van der Waals surface area contributed by atoms with Crippen molar-refractivity contribution in [3.8, 4) is 6.07 Å². The predicted molar refractivity (Wildman–Crippen MR) is 206 cm³/mol. The Morgan fingerprint density at radius 3 is 2.06 bits per heavy atom. The molecule has 0 spiro atoms. The summed E-state index contributed by atoms with van der Waals surface area (Å²) in [6.07, 6.45) is 4.06. The highest BCUT2D eigenvalue weighted by molar-refractivity contribution is 7.93. The number of benzene rings is 5. The quantitative estimate of drug-likeness (QED) is 0.164. The van der Waals surface area contributed by atoms with Gasteiger partial charge in [0.15, 0.2) is 0 Å². The lowest BCUT2D eigenvalue weighted by atomic mass is 9.82. The Morgan fingerprint density at radius 1 is 0.804 bits per heavy atom. The van der Waals surface area contributed by atoms with Crippen molar-refractivity contribution >= 4 is 55.6 Å². The van der Waals surface area contributed by atoms with Crippen LogP contribution in [0.5, 0.6) is 0 Å². The maximum Gasteiger partial charge on any atom is 0.273 e. The smallest absolute Gasteiger partial charge is 0.273 e. The summed E-state index contributed by atoms with van der Waals surface area (Å²) >= 11 is 6.36. The van der Waals surface area contributed by atoms with Crippen LogP contribution in [-0.4, -0.2) is 21.4 Å². The number of hydrogen-bond donors (Lipinski definition) is 0. The molecule has 7 rings (SSSR count). The van der Waals surface area contributed by atoms with Crippen molar-refractivity contribution in [2.24, 2.45) is 0 Å². The van der Waals surface area contributed by atoms with Crippen molar-refractivity contribution in [1.29, 1.82) is 5.26 Å². The Hall–Kier alpha value is -5.68. The molecular weight excluding hydrogens is 674 g/mol. The van der Waals surface area contributed by atoms with Gasteiger partial charge >= 0.3 is 0 Å². The Bertz CT molecular complexity index is 2450. The normalized spacial score (nSPS) is 17.0. The zero-order valence-corrected chi connectivity index (χ0v) is 30.1. The molecule has 0 aromatic heterocycles. The molecule has 2 heterocycles. The standard InChI is InChI=1S/C43H34ClN3O3S/c1-28-13-23-34(24-14-28)51(49,50)47-38-11-7-5-9-35(38)41(42(47)48)36(31-19-21-33(44)22-20-31)25-32(30-17-15-29(27-45)16-18-30)26-40-43(2,3)37-10-6-8-12-39(37)46(40)4/h5-26H,1-4H3/b32-25+,40-26+,41-36-. The molecule has 0 unspecified atom stereocenters. The molecule has 0 N–H and O–H groups in total. The number of halogens is 1. The molecule has 0 saturated heterocycles. The zero-order valence-electron chi connectivity index (χ0n) is 28.6. The van der Waals surface area contributed by atoms with E-state index in [4.69, 9.17) is 11.6 Å². The number of carbonyl (C=O) groups is 1. The van der Waals surface area contributed by atoms with Gasteiger partial charge in [0.2, 0.25) is 0 Å². The average Bonchev–Trinajstić information content (AvgIpc) is 3.53. The van der Waals surface area contributed by atoms with E-state index in [1.165, 1.54) is 17.7 Å². The van der Waals surface area contributed by atoms with Crippen LogP contribution in [0.2, 0.25) is 5.02 Å². The van der Waals surface area contributed by atoms with Gasteiger partial charge in [0.25, 0.3) is 15.9 Å². The molecule has 5 aromatic carbocycles. The zero-order chi connectivity index (χ0) is 36.1. The van der Waals surface area contributed by atoms with E-state index >= 15 is 0 Å². The number of nitriles is 1. The maximum absolute atomic E-state index is 14.8. The van der Waals surface area contributed by atoms with Gasteiger partial charge in [-0.15, -0.1) is 0 Å². The number of fused-ring (bicyclic) bond motifs is 2. The largest absolute Gasteiger partial charge is 0.347 e. The summed E-state index contributed by atoms with van der Waals surface area (Å²) in [6.45, 7) is 6.24. The fraction of sp³-hybridized carbons (Fsp3) is 0.116. The SMILES string of the molecule is Cc1ccc(S(=O)(=O)N2C(=O)/C(=C(/C=C(\C=C3\N(C)c4ccccc4C3(C)C)c3ccc(C#N)cc3)c3ccc(Cl)cc3)c3ccccc32)cc1. The summed E-state index contributed by atoms with van der Waals surface area (Å²) in [5.41, 5.74) is 8.19. The maximum atomic E-state index is 14.8. The lowest BCUT2D eigenvalue weighted by molar-refractivity contribution is -0.111. The van der Waals surface area contributed by atoms with Crippen LogP contribution >= 0.6 is 11.6 Å². The summed E-state index contributed by atoms with van der Waals surface area (Å²) in [7, 11) is -2.23. The van der Waals surface area contributed by atoms with Gasteiger partial charge in [-0.25, -0.2) is 8.42 Å². The Balaban J connectivity index is 1.52. The van der Waals surface area contributed by atoms with Crippen LogP contribution in [0, 0.1) is 18.3 Å². The van der Waals surface area contributed by atoms with Gasteiger partial charge in [-0.2, -0.15) is 9.57 Å². The summed E-state index contributed by atoms with van der Waals surface area (Å²) in [4.78, 5) is 17.0. The fourth-order valence-corrected chi connectivity index (χ4v) is 8.48. The minimum absolute atomic E-state index is 0.0233. The molecule has 0 saturated carbocycles. The average molecular weight is 708 g/mol. The van der Waals surface area contributed by atoms with Crippen molar-refractivity contribution < 1.29 is 13.2 Å². The van der Waals surface area contributed by atoms with Crippen LogP contribution < -0.4 is 9.21 Å². The van der Waals surface area contributed by atoms with Gasteiger partial charge < -0.3 is 4.90 Å². The topological polar surface area (TPSA) is 81.5 Å². The molecular formula is C43H34ClN3O3S. The van der Waals surface area contributed by atoms with E-state index in [1.807, 2.05) is 56.4 Å². The predicted octanol–water partition coefficient (Wildman–Crippen LogP) is 9.56. The molecule has 2 aliphatic heterocycles. The number of nitrogens with zero attached hydrogens (tertiary/aromatic N) is 3. The number of para-hydroxylation sites is 2. The number of anilines is 2. The second kappa shape index (κ2) is 12.9. The van der Waals surface area contributed by atoms with Crippen LogP contribution in [0.4, 0.5) is 11.4 Å². The van der Waals surface area contributed by atoms with E-state index in [1.54, 1.807) is 60.7 Å². The number of hydrogen-bond acceptors (Lipinski definition) is 5. The third-order valence-corrected chi connectivity index (χ3v) is 11.6. The van der Waals surface area contributed by atoms with Crippen LogP contribution in [0.25, 0.3) is 16.7 Å². The highest BCUT2D eigenvalue weighted by Crippen LogP contribution is 2.49. The minimum Gasteiger partial charge on any atom is -0.347 e. The van der Waals surface area contributed by atoms with Crippen molar-refractivity contribution in [1.82, 2.24) is 0 Å². The van der Waals surface area contributed by atoms with Gasteiger partial charge in [0.05, 0.1) is 27.8 Å². The Kier molecular flexibility index (Phi) is 8.54. The number of sulfonamides is 1. The van der Waals surface area contributed by atoms with Gasteiger partial charge in [0.1, 0.15) is 0 Å². The van der Waals surface area contributed by atoms with E-state index in [2.05, 4.69) is 43.0 Å². The minimum atomic E-state index is -4.28. The lowest BCUT2D eigenvalue weighted by Gasteiger charge is -2.25. The molecule has 0 aliphatic carbocycles. The van der Waals surface area contributed by atoms with Crippen molar-refractivity contribution in [3.05, 3.63) is 178 Å². The summed E-state index contributed by atoms with van der Waals surface area (Å²) in [5, 5.41) is 10.1. The second-order valence-electron chi connectivity index (χ2n) is 13.2. The monoisotopic (exact) mass is 707 g/mol. The summed E-state index contributed by atoms with van der Waals surface area (Å²) in [6, 6.07) is 38.4. The first-order valence-electron chi connectivity index (χ1n) is 16.5. The summed E-state index contributed by atoms with van der Waals surface area (Å²) < 4.78 is 29.4. The van der Waals surface area contributed by atoms with Gasteiger partial charge in [-0.3, -0.25) is 4.79 Å². The first-order valence-corrected chi connectivity index (χ1v) is 18.3.